The van der Waals surface area contributed by atoms with E-state index in [4.69, 9.17) is 5.11 Å². The molecule has 3 aromatic carbocycles. The first-order valence-corrected chi connectivity index (χ1v) is 12.8. The number of fused-ring (bicyclic) bond motifs is 1. The van der Waals surface area contributed by atoms with Crippen LogP contribution in [0.5, 0.6) is 0 Å². The number of piperazine rings is 1. The van der Waals surface area contributed by atoms with Crippen molar-refractivity contribution in [2.75, 3.05) is 31.1 Å². The number of nitrogens with zero attached hydrogens (tertiary/aromatic N) is 3. The van der Waals surface area contributed by atoms with Crippen molar-refractivity contribution >= 4 is 39.8 Å². The summed E-state index contributed by atoms with van der Waals surface area (Å²) in [6, 6.07) is 19.7. The lowest BCUT2D eigenvalue weighted by molar-refractivity contribution is -0.139. The highest BCUT2D eigenvalue weighted by Crippen LogP contribution is 2.22. The fourth-order valence-electron chi connectivity index (χ4n) is 4.45. The molecule has 186 valence electrons. The van der Waals surface area contributed by atoms with Gasteiger partial charge in [-0.05, 0) is 59.7 Å². The van der Waals surface area contributed by atoms with E-state index in [1.54, 1.807) is 11.9 Å². The highest BCUT2D eigenvalue weighted by atomic mass is 32.2. The zero-order valence-corrected chi connectivity index (χ0v) is 20.9. The van der Waals surface area contributed by atoms with Crippen LogP contribution in [0.25, 0.3) is 16.8 Å². The van der Waals surface area contributed by atoms with E-state index >= 15 is 0 Å². The molecule has 2 atom stereocenters. The van der Waals surface area contributed by atoms with E-state index in [0.29, 0.717) is 26.2 Å². The number of hydrogen-bond donors (Lipinski definition) is 1. The summed E-state index contributed by atoms with van der Waals surface area (Å²) in [6.45, 7) is 7.71. The van der Waals surface area contributed by atoms with Crippen molar-refractivity contribution in [2.24, 2.45) is 0 Å². The molecular weight excluding hydrogens is 474 g/mol. The molecule has 3 aromatic rings. The van der Waals surface area contributed by atoms with Gasteiger partial charge in [-0.15, -0.1) is 0 Å². The summed E-state index contributed by atoms with van der Waals surface area (Å²) in [7, 11) is 0. The highest BCUT2D eigenvalue weighted by Gasteiger charge is 2.27. The summed E-state index contributed by atoms with van der Waals surface area (Å²) in [6.07, 6.45) is 1.61. The van der Waals surface area contributed by atoms with Gasteiger partial charge >= 0.3 is 5.97 Å². The maximum absolute atomic E-state index is 11.7. The summed E-state index contributed by atoms with van der Waals surface area (Å²) in [5.74, 6) is 5.45. The number of benzene rings is 3. The SMILES string of the molecule is C=Cc1cccc2ccc(C#Cc3ccc(N4CCN(N(C(C)CC(=O)O)S(=O)[O-])CC4)cc3)cc12. The third kappa shape index (κ3) is 6.01. The molecule has 1 aliphatic rings. The van der Waals surface area contributed by atoms with Gasteiger partial charge in [0, 0.05) is 60.3 Å². The zero-order valence-electron chi connectivity index (χ0n) is 20.1. The zero-order chi connectivity index (χ0) is 25.7. The minimum absolute atomic E-state index is 0.245. The third-order valence-corrected chi connectivity index (χ3v) is 7.15. The van der Waals surface area contributed by atoms with Crippen LogP contribution in [-0.2, 0) is 16.1 Å². The molecule has 8 heteroatoms. The normalized spacial score (nSPS) is 15.8. The minimum Gasteiger partial charge on any atom is -0.759 e. The molecule has 0 aliphatic carbocycles. The predicted octanol–water partition coefficient (Wildman–Crippen LogP) is 3.88. The van der Waals surface area contributed by atoms with E-state index in [9.17, 15) is 13.6 Å². The Morgan fingerprint density at radius 3 is 2.42 bits per heavy atom. The van der Waals surface area contributed by atoms with E-state index in [-0.39, 0.29) is 6.42 Å². The van der Waals surface area contributed by atoms with Crippen LogP contribution < -0.4 is 4.90 Å². The topological polar surface area (TPSA) is 87.2 Å². The Kier molecular flexibility index (Phi) is 8.18. The molecule has 0 radical (unpaired) electrons. The van der Waals surface area contributed by atoms with Crippen LogP contribution in [0.4, 0.5) is 5.69 Å². The predicted molar refractivity (Wildman–Crippen MR) is 143 cm³/mol. The molecule has 0 bridgehead atoms. The van der Waals surface area contributed by atoms with Crippen molar-refractivity contribution in [2.45, 2.75) is 19.4 Å². The van der Waals surface area contributed by atoms with E-state index in [2.05, 4.69) is 41.5 Å². The first-order valence-electron chi connectivity index (χ1n) is 11.7. The first-order chi connectivity index (χ1) is 17.4. The van der Waals surface area contributed by atoms with Gasteiger partial charge in [-0.25, -0.2) is 5.01 Å². The molecule has 1 heterocycles. The van der Waals surface area contributed by atoms with E-state index in [1.165, 1.54) is 0 Å². The summed E-state index contributed by atoms with van der Waals surface area (Å²) in [5, 5.41) is 13.0. The maximum atomic E-state index is 11.7. The largest absolute Gasteiger partial charge is 0.759 e. The number of anilines is 1. The second-order valence-corrected chi connectivity index (χ2v) is 9.50. The molecular formula is C28H28N3O4S-. The van der Waals surface area contributed by atoms with Gasteiger partial charge in [0.2, 0.25) is 0 Å². The summed E-state index contributed by atoms with van der Waals surface area (Å²) >= 11 is -2.53. The molecule has 0 spiro atoms. The lowest BCUT2D eigenvalue weighted by atomic mass is 10.0. The van der Waals surface area contributed by atoms with Gasteiger partial charge in [-0.2, -0.15) is 4.41 Å². The van der Waals surface area contributed by atoms with Crippen LogP contribution in [0.1, 0.15) is 30.0 Å². The lowest BCUT2D eigenvalue weighted by Crippen LogP contribution is -2.57. The third-order valence-electron chi connectivity index (χ3n) is 6.25. The maximum Gasteiger partial charge on any atom is 0.305 e. The van der Waals surface area contributed by atoms with E-state index in [0.717, 1.165) is 37.6 Å². The van der Waals surface area contributed by atoms with E-state index < -0.39 is 23.3 Å². The fourth-order valence-corrected chi connectivity index (χ4v) is 5.17. The fraction of sp³-hybridized carbons (Fsp3) is 0.250. The number of carboxylic acids is 1. The molecule has 0 amide bonds. The van der Waals surface area contributed by atoms with Crippen molar-refractivity contribution < 1.29 is 18.7 Å². The van der Waals surface area contributed by atoms with Crippen molar-refractivity contribution in [3.8, 4) is 11.8 Å². The van der Waals surface area contributed by atoms with Gasteiger partial charge in [-0.3, -0.25) is 9.00 Å². The smallest absolute Gasteiger partial charge is 0.305 e. The quantitative estimate of drug-likeness (QED) is 0.390. The van der Waals surface area contributed by atoms with Crippen molar-refractivity contribution in [3.05, 3.63) is 83.9 Å². The van der Waals surface area contributed by atoms with Gasteiger partial charge in [-0.1, -0.05) is 48.8 Å². The Balaban J connectivity index is 1.41. The molecule has 4 rings (SSSR count). The Morgan fingerprint density at radius 2 is 1.78 bits per heavy atom. The number of hydrogen-bond acceptors (Lipinski definition) is 5. The van der Waals surface area contributed by atoms with Crippen molar-refractivity contribution in [1.29, 1.82) is 0 Å². The second kappa shape index (κ2) is 11.5. The first kappa shape index (κ1) is 25.6. The summed E-state index contributed by atoms with van der Waals surface area (Å²) < 4.78 is 24.6. The van der Waals surface area contributed by atoms with Crippen molar-refractivity contribution in [1.82, 2.24) is 9.42 Å². The van der Waals surface area contributed by atoms with Crippen LogP contribution in [0.15, 0.2) is 67.2 Å². The van der Waals surface area contributed by atoms with Gasteiger partial charge in [0.15, 0.2) is 0 Å². The van der Waals surface area contributed by atoms with Gasteiger partial charge < -0.3 is 14.6 Å². The Hall–Kier alpha value is -3.48. The molecule has 0 aromatic heterocycles. The van der Waals surface area contributed by atoms with Crippen LogP contribution in [0.2, 0.25) is 0 Å². The molecule has 1 saturated heterocycles. The Bertz CT molecular complexity index is 1340. The Morgan fingerprint density at radius 1 is 1.11 bits per heavy atom. The van der Waals surface area contributed by atoms with E-state index in [1.807, 2.05) is 48.5 Å². The molecule has 1 aliphatic heterocycles. The molecule has 0 saturated carbocycles. The van der Waals surface area contributed by atoms with Gasteiger partial charge in [0.25, 0.3) is 0 Å². The minimum atomic E-state index is -2.53. The molecule has 36 heavy (non-hydrogen) atoms. The number of hydrazine groups is 1. The van der Waals surface area contributed by atoms with Crippen LogP contribution >= 0.6 is 0 Å². The summed E-state index contributed by atoms with van der Waals surface area (Å²) in [4.78, 5) is 13.2. The second-order valence-electron chi connectivity index (χ2n) is 8.69. The number of aliphatic carboxylic acids is 1. The average molecular weight is 503 g/mol. The average Bonchev–Trinajstić information content (AvgIpc) is 2.87. The monoisotopic (exact) mass is 502 g/mol. The Labute approximate surface area is 214 Å². The van der Waals surface area contributed by atoms with Gasteiger partial charge in [0.1, 0.15) is 0 Å². The number of rotatable bonds is 7. The molecule has 1 fully saturated rings. The highest BCUT2D eigenvalue weighted by molar-refractivity contribution is 7.76. The molecule has 2 unspecified atom stereocenters. The molecule has 1 N–H and O–H groups in total. The lowest BCUT2D eigenvalue weighted by Gasteiger charge is -2.44. The summed E-state index contributed by atoms with van der Waals surface area (Å²) in [5.41, 5.74) is 3.97. The van der Waals surface area contributed by atoms with Crippen LogP contribution in [-0.4, -0.2) is 61.5 Å². The number of carbonyl (C=O) groups is 1. The van der Waals surface area contributed by atoms with Gasteiger partial charge in [0.05, 0.1) is 6.42 Å². The number of carboxylic acid groups (broad SMARTS) is 1. The van der Waals surface area contributed by atoms with Crippen LogP contribution in [0.3, 0.4) is 0 Å². The van der Waals surface area contributed by atoms with Crippen LogP contribution in [0, 0.1) is 11.8 Å². The standard InChI is InChI=1S/C28H29N3O4S/c1-3-24-5-4-6-25-12-9-23(20-27(24)25)8-7-22-10-13-26(14-11-22)29-15-17-30(18-16-29)31(36(34)35)21(2)19-28(32)33/h3-6,9-14,20-21H,1,15-19H2,2H3,(H,32,33)(H,34,35)/p-1. The molecule has 7 nitrogen and oxygen atoms in total. The van der Waals surface area contributed by atoms with Crippen molar-refractivity contribution in [3.63, 3.8) is 0 Å².